The highest BCUT2D eigenvalue weighted by Gasteiger charge is 2.37. The predicted octanol–water partition coefficient (Wildman–Crippen LogP) is 2.39. The molecule has 1 aliphatic carbocycles. The molecule has 2 aromatic carbocycles. The Morgan fingerprint density at radius 1 is 1.07 bits per heavy atom. The van der Waals surface area contributed by atoms with Crippen molar-refractivity contribution in [3.05, 3.63) is 58.7 Å². The van der Waals surface area contributed by atoms with Gasteiger partial charge in [-0.05, 0) is 67.6 Å². The number of carbonyl (C=O) groups excluding carboxylic acids is 1. The molecule has 1 saturated heterocycles. The largest absolute Gasteiger partial charge is 0.486 e. The van der Waals surface area contributed by atoms with Gasteiger partial charge in [0.15, 0.2) is 11.5 Å². The third-order valence-electron chi connectivity index (χ3n) is 6.58. The van der Waals surface area contributed by atoms with Gasteiger partial charge in [0, 0.05) is 17.2 Å². The van der Waals surface area contributed by atoms with Crippen LogP contribution in [-0.2, 0) is 6.42 Å². The van der Waals surface area contributed by atoms with Crippen molar-refractivity contribution >= 4 is 5.91 Å². The molecule has 0 unspecified atom stereocenters. The topological polar surface area (TPSA) is 85.0 Å². The fourth-order valence-electron chi connectivity index (χ4n) is 5.04. The fourth-order valence-corrected chi connectivity index (χ4v) is 5.04. The van der Waals surface area contributed by atoms with Crippen LogP contribution in [0.3, 0.4) is 0 Å². The zero-order chi connectivity index (χ0) is 20.0. The number of rotatable bonds is 3. The number of primary amides is 1. The van der Waals surface area contributed by atoms with Gasteiger partial charge in [0.1, 0.15) is 13.2 Å². The van der Waals surface area contributed by atoms with Gasteiger partial charge in [-0.15, -0.1) is 0 Å². The Morgan fingerprint density at radius 3 is 2.66 bits per heavy atom. The van der Waals surface area contributed by atoms with Crippen LogP contribution in [0.4, 0.5) is 0 Å². The van der Waals surface area contributed by atoms with Gasteiger partial charge in [-0.2, -0.15) is 0 Å². The summed E-state index contributed by atoms with van der Waals surface area (Å²) >= 11 is 0. The number of ether oxygens (including phenoxy) is 2. The monoisotopic (exact) mass is 394 g/mol. The summed E-state index contributed by atoms with van der Waals surface area (Å²) < 4.78 is 11.6. The summed E-state index contributed by atoms with van der Waals surface area (Å²) in [6.07, 6.45) is 2.26. The average Bonchev–Trinajstić information content (AvgIpc) is 3.09. The number of nitrogens with zero attached hydrogens (tertiary/aromatic N) is 1. The Morgan fingerprint density at radius 2 is 1.86 bits per heavy atom. The first kappa shape index (κ1) is 18.5. The number of hydrogen-bond acceptors (Lipinski definition) is 5. The van der Waals surface area contributed by atoms with E-state index >= 15 is 0 Å². The summed E-state index contributed by atoms with van der Waals surface area (Å²) in [5.41, 5.74) is 9.05. The van der Waals surface area contributed by atoms with Crippen molar-refractivity contribution < 1.29 is 19.4 Å². The van der Waals surface area contributed by atoms with Crippen LogP contribution >= 0.6 is 0 Å². The first-order valence-corrected chi connectivity index (χ1v) is 10.3. The summed E-state index contributed by atoms with van der Waals surface area (Å²) in [4.78, 5) is 13.9. The lowest BCUT2D eigenvalue weighted by Gasteiger charge is -2.38. The van der Waals surface area contributed by atoms with Crippen LogP contribution in [0, 0.1) is 0 Å². The maximum absolute atomic E-state index is 11.5. The molecule has 0 spiro atoms. The van der Waals surface area contributed by atoms with E-state index in [0.29, 0.717) is 24.7 Å². The van der Waals surface area contributed by atoms with E-state index in [4.69, 9.17) is 15.2 Å². The Kier molecular flexibility index (Phi) is 4.68. The van der Waals surface area contributed by atoms with Crippen LogP contribution < -0.4 is 15.2 Å². The number of para-hydroxylation sites is 1. The number of benzene rings is 2. The molecule has 0 saturated carbocycles. The zero-order valence-electron chi connectivity index (χ0n) is 16.3. The van der Waals surface area contributed by atoms with Gasteiger partial charge in [-0.3, -0.25) is 9.69 Å². The van der Waals surface area contributed by atoms with E-state index in [0.717, 1.165) is 55.0 Å². The van der Waals surface area contributed by atoms with Crippen molar-refractivity contribution in [3.63, 3.8) is 0 Å². The number of aliphatic hydroxyl groups is 1. The predicted molar refractivity (Wildman–Crippen MR) is 108 cm³/mol. The molecule has 2 atom stereocenters. The van der Waals surface area contributed by atoms with E-state index in [1.165, 1.54) is 5.56 Å². The molecule has 0 aromatic heterocycles. The van der Waals surface area contributed by atoms with Crippen molar-refractivity contribution in [2.75, 3.05) is 26.3 Å². The molecule has 29 heavy (non-hydrogen) atoms. The smallest absolute Gasteiger partial charge is 0.248 e. The standard InChI is InChI=1S/C23H26N2O4/c24-23(27)16-5-4-15-13-19(21(26)18(15)12-16)25-8-6-14(7-9-25)17-2-1-3-20-22(17)29-11-10-28-20/h1-5,12,14,19,21,26H,6-11,13H2,(H2,24,27)/t19-,21-/m1/s1. The van der Waals surface area contributed by atoms with E-state index in [2.05, 4.69) is 11.0 Å². The van der Waals surface area contributed by atoms with Crippen molar-refractivity contribution in [2.45, 2.75) is 37.3 Å². The summed E-state index contributed by atoms with van der Waals surface area (Å²) in [5.74, 6) is 1.74. The normalized spacial score (nSPS) is 24.3. The van der Waals surface area contributed by atoms with Gasteiger partial charge < -0.3 is 20.3 Å². The Bertz CT molecular complexity index is 936. The third kappa shape index (κ3) is 3.26. The lowest BCUT2D eigenvalue weighted by atomic mass is 9.87. The van der Waals surface area contributed by atoms with E-state index in [9.17, 15) is 9.90 Å². The molecule has 1 fully saturated rings. The maximum atomic E-state index is 11.5. The van der Waals surface area contributed by atoms with Gasteiger partial charge in [0.2, 0.25) is 5.91 Å². The highest BCUT2D eigenvalue weighted by molar-refractivity contribution is 5.93. The summed E-state index contributed by atoms with van der Waals surface area (Å²) in [6, 6.07) is 11.7. The third-order valence-corrected chi connectivity index (χ3v) is 6.58. The summed E-state index contributed by atoms with van der Waals surface area (Å²) in [7, 11) is 0. The minimum Gasteiger partial charge on any atom is -0.486 e. The molecule has 2 aliphatic heterocycles. The first-order chi connectivity index (χ1) is 14.1. The summed E-state index contributed by atoms with van der Waals surface area (Å²) in [6.45, 7) is 3.05. The molecule has 152 valence electrons. The van der Waals surface area contributed by atoms with Gasteiger partial charge in [-0.25, -0.2) is 0 Å². The van der Waals surface area contributed by atoms with Gasteiger partial charge in [0.25, 0.3) is 0 Å². The first-order valence-electron chi connectivity index (χ1n) is 10.3. The number of hydrogen-bond donors (Lipinski definition) is 2. The van der Waals surface area contributed by atoms with Crippen molar-refractivity contribution in [3.8, 4) is 11.5 Å². The molecule has 2 heterocycles. The zero-order valence-corrected chi connectivity index (χ0v) is 16.3. The highest BCUT2D eigenvalue weighted by Crippen LogP contribution is 2.43. The molecule has 5 rings (SSSR count). The molecule has 1 amide bonds. The molecule has 0 radical (unpaired) electrons. The molecule has 0 bridgehead atoms. The molecule has 6 nitrogen and oxygen atoms in total. The highest BCUT2D eigenvalue weighted by atomic mass is 16.6. The van der Waals surface area contributed by atoms with E-state index < -0.39 is 12.0 Å². The van der Waals surface area contributed by atoms with Crippen LogP contribution in [0.25, 0.3) is 0 Å². The minimum absolute atomic E-state index is 0.0540. The van der Waals surface area contributed by atoms with E-state index in [1.807, 2.05) is 18.2 Å². The van der Waals surface area contributed by atoms with Crippen LogP contribution in [0.5, 0.6) is 11.5 Å². The average molecular weight is 394 g/mol. The molecular weight excluding hydrogens is 368 g/mol. The molecule has 6 heteroatoms. The van der Waals surface area contributed by atoms with E-state index in [1.54, 1.807) is 12.1 Å². The number of aliphatic hydroxyl groups excluding tert-OH is 1. The van der Waals surface area contributed by atoms with Crippen molar-refractivity contribution in [2.24, 2.45) is 5.73 Å². The number of likely N-dealkylation sites (tertiary alicyclic amines) is 1. The second-order valence-electron chi connectivity index (χ2n) is 8.18. The van der Waals surface area contributed by atoms with Crippen LogP contribution in [0.1, 0.15) is 51.9 Å². The van der Waals surface area contributed by atoms with Crippen LogP contribution in [0.15, 0.2) is 36.4 Å². The minimum atomic E-state index is -0.581. The van der Waals surface area contributed by atoms with Crippen LogP contribution in [-0.4, -0.2) is 48.3 Å². The number of nitrogens with two attached hydrogens (primary N) is 1. The van der Waals surface area contributed by atoms with Crippen molar-refractivity contribution in [1.82, 2.24) is 4.90 Å². The molecule has 2 aromatic rings. The maximum Gasteiger partial charge on any atom is 0.248 e. The lowest BCUT2D eigenvalue weighted by Crippen LogP contribution is -2.43. The number of amides is 1. The Labute approximate surface area is 170 Å². The lowest BCUT2D eigenvalue weighted by molar-refractivity contribution is 0.0454. The molecule has 3 aliphatic rings. The molecular formula is C23H26N2O4. The Balaban J connectivity index is 1.29. The van der Waals surface area contributed by atoms with Gasteiger partial charge >= 0.3 is 0 Å². The Hall–Kier alpha value is -2.57. The fraction of sp³-hybridized carbons (Fsp3) is 0.435. The number of carbonyl (C=O) groups is 1. The van der Waals surface area contributed by atoms with Gasteiger partial charge in [0.05, 0.1) is 6.10 Å². The van der Waals surface area contributed by atoms with Crippen molar-refractivity contribution in [1.29, 1.82) is 0 Å². The van der Waals surface area contributed by atoms with E-state index in [-0.39, 0.29) is 6.04 Å². The number of piperidine rings is 1. The summed E-state index contributed by atoms with van der Waals surface area (Å²) in [5, 5.41) is 10.9. The number of fused-ring (bicyclic) bond motifs is 2. The van der Waals surface area contributed by atoms with Gasteiger partial charge in [-0.1, -0.05) is 18.2 Å². The molecule has 3 N–H and O–H groups in total. The second kappa shape index (κ2) is 7.35. The quantitative estimate of drug-likeness (QED) is 0.835. The second-order valence-corrected chi connectivity index (χ2v) is 8.18. The van der Waals surface area contributed by atoms with Crippen LogP contribution in [0.2, 0.25) is 0 Å². The SMILES string of the molecule is NC(=O)c1ccc2c(c1)[C@@H](O)[C@H](N1CCC(c3cccc4c3OCCO4)CC1)C2.